The molecule has 0 heterocycles. The molecule has 0 spiro atoms. The Balaban J connectivity index is 1.98. The summed E-state index contributed by atoms with van der Waals surface area (Å²) in [6.07, 6.45) is -0.0507. The molecule has 2 aromatic carbocycles. The van der Waals surface area contributed by atoms with Crippen molar-refractivity contribution < 1.29 is 22.7 Å². The fourth-order valence-electron chi connectivity index (χ4n) is 2.27. The number of carbonyl (C=O) groups excluding carboxylic acids is 2. The summed E-state index contributed by atoms with van der Waals surface area (Å²) >= 11 is 0. The van der Waals surface area contributed by atoms with Gasteiger partial charge in [-0.25, -0.2) is 13.2 Å². The summed E-state index contributed by atoms with van der Waals surface area (Å²) in [6, 6.07) is 13.7. The number of amides is 1. The topological polar surface area (TPSA) is 102 Å². The molecule has 0 bridgehead atoms. The summed E-state index contributed by atoms with van der Waals surface area (Å²) in [5, 5.41) is 2.70. The number of hydrogen-bond acceptors (Lipinski definition) is 5. The Bertz CT molecular complexity index is 923. The lowest BCUT2D eigenvalue weighted by Crippen LogP contribution is -2.35. The maximum absolute atomic E-state index is 12.3. The van der Waals surface area contributed by atoms with E-state index >= 15 is 0 Å². The van der Waals surface area contributed by atoms with Crippen LogP contribution in [0.15, 0.2) is 48.5 Å². The number of ether oxygens (including phenoxy) is 1. The number of hydrogen-bond donors (Lipinski definition) is 2. The minimum Gasteiger partial charge on any atom is -0.449 e. The highest BCUT2D eigenvalue weighted by atomic mass is 32.2. The average Bonchev–Trinajstić information content (AvgIpc) is 2.60. The van der Waals surface area contributed by atoms with Crippen molar-refractivity contribution in [3.05, 3.63) is 65.2 Å². The second-order valence-electron chi connectivity index (χ2n) is 6.17. The summed E-state index contributed by atoms with van der Waals surface area (Å²) in [7, 11) is -3.56. The molecule has 0 fully saturated rings. The molecule has 0 saturated heterocycles. The molecule has 0 aliphatic carbocycles. The molecule has 2 N–H and O–H groups in total. The highest BCUT2D eigenvalue weighted by molar-refractivity contribution is 7.92. The van der Waals surface area contributed by atoms with Crippen molar-refractivity contribution in [3.8, 4) is 0 Å². The predicted octanol–water partition coefficient (Wildman–Crippen LogP) is 2.23. The van der Waals surface area contributed by atoms with Crippen LogP contribution in [0.2, 0.25) is 0 Å². The Labute approximate surface area is 158 Å². The van der Waals surface area contributed by atoms with E-state index in [1.165, 1.54) is 19.1 Å². The number of aryl methyl sites for hydroxylation is 1. The molecule has 0 aliphatic rings. The Kier molecular flexibility index (Phi) is 6.57. The molecule has 0 radical (unpaired) electrons. The third-order valence-electron chi connectivity index (χ3n) is 3.68. The summed E-state index contributed by atoms with van der Waals surface area (Å²) in [5.41, 5.74) is 2.17. The third-order valence-corrected chi connectivity index (χ3v) is 4.27. The predicted molar refractivity (Wildman–Crippen MR) is 103 cm³/mol. The minimum atomic E-state index is -3.56. The average molecular weight is 390 g/mol. The Morgan fingerprint density at radius 2 is 1.70 bits per heavy atom. The van der Waals surface area contributed by atoms with E-state index in [1.54, 1.807) is 12.1 Å². The van der Waals surface area contributed by atoms with Gasteiger partial charge in [-0.1, -0.05) is 42.0 Å². The van der Waals surface area contributed by atoms with Gasteiger partial charge in [-0.2, -0.15) is 0 Å². The quantitative estimate of drug-likeness (QED) is 0.706. The first-order chi connectivity index (χ1) is 12.7. The van der Waals surface area contributed by atoms with Crippen molar-refractivity contribution in [1.29, 1.82) is 0 Å². The molecule has 27 heavy (non-hydrogen) atoms. The molecule has 8 heteroatoms. The van der Waals surface area contributed by atoms with Crippen LogP contribution < -0.4 is 10.0 Å². The van der Waals surface area contributed by atoms with Gasteiger partial charge in [-0.15, -0.1) is 0 Å². The van der Waals surface area contributed by atoms with Crippen molar-refractivity contribution in [2.75, 3.05) is 11.0 Å². The van der Waals surface area contributed by atoms with Crippen molar-refractivity contribution in [3.63, 3.8) is 0 Å². The van der Waals surface area contributed by atoms with Crippen molar-refractivity contribution >= 4 is 27.6 Å². The zero-order valence-corrected chi connectivity index (χ0v) is 16.2. The van der Waals surface area contributed by atoms with Gasteiger partial charge >= 0.3 is 5.97 Å². The Morgan fingerprint density at radius 1 is 1.07 bits per heavy atom. The fourth-order valence-corrected chi connectivity index (χ4v) is 2.84. The van der Waals surface area contributed by atoms with Gasteiger partial charge < -0.3 is 10.1 Å². The van der Waals surface area contributed by atoms with E-state index in [9.17, 15) is 18.0 Å². The maximum atomic E-state index is 12.3. The monoisotopic (exact) mass is 390 g/mol. The number of sulfonamides is 1. The number of esters is 1. The van der Waals surface area contributed by atoms with Crippen LogP contribution in [0.25, 0.3) is 0 Å². The molecule has 1 amide bonds. The molecule has 0 aromatic heterocycles. The third kappa shape index (κ3) is 6.41. The van der Waals surface area contributed by atoms with Crippen molar-refractivity contribution in [2.45, 2.75) is 26.5 Å². The summed E-state index contributed by atoms with van der Waals surface area (Å²) in [5.74, 6) is -1.24. The molecular formula is C19H22N2O5S. The fraction of sp³-hybridized carbons (Fsp3) is 0.263. The second-order valence-corrected chi connectivity index (χ2v) is 7.92. The molecule has 1 atom stereocenters. The first kappa shape index (κ1) is 20.4. The van der Waals surface area contributed by atoms with E-state index in [0.29, 0.717) is 6.54 Å². The van der Waals surface area contributed by atoms with Gasteiger partial charge in [0.1, 0.15) is 0 Å². The van der Waals surface area contributed by atoms with Crippen LogP contribution in [0.1, 0.15) is 28.4 Å². The standard InChI is InChI=1S/C19H22N2O5S/c1-13-8-10-15(11-9-13)12-20-18(22)14(2)26-19(23)16-6-4-5-7-17(16)21-27(3,24)25/h4-11,14,21H,12H2,1-3H3,(H,20,22)/t14-/m1/s1. The number of para-hydroxylation sites is 1. The zero-order chi connectivity index (χ0) is 20.0. The van der Waals surface area contributed by atoms with Gasteiger partial charge in [0, 0.05) is 6.54 Å². The molecular weight excluding hydrogens is 368 g/mol. The van der Waals surface area contributed by atoms with Gasteiger partial charge in [-0.05, 0) is 31.5 Å². The lowest BCUT2D eigenvalue weighted by Gasteiger charge is -2.15. The van der Waals surface area contributed by atoms with Crippen LogP contribution in [-0.4, -0.2) is 32.7 Å². The molecule has 7 nitrogen and oxygen atoms in total. The van der Waals surface area contributed by atoms with E-state index in [0.717, 1.165) is 17.4 Å². The van der Waals surface area contributed by atoms with Crippen LogP contribution in [0.3, 0.4) is 0 Å². The number of rotatable bonds is 7. The lowest BCUT2D eigenvalue weighted by molar-refractivity contribution is -0.129. The number of benzene rings is 2. The van der Waals surface area contributed by atoms with Crippen LogP contribution in [-0.2, 0) is 26.1 Å². The van der Waals surface area contributed by atoms with E-state index < -0.39 is 28.0 Å². The maximum Gasteiger partial charge on any atom is 0.341 e. The van der Waals surface area contributed by atoms with E-state index in [4.69, 9.17) is 4.74 Å². The normalized spacial score (nSPS) is 12.1. The summed E-state index contributed by atoms with van der Waals surface area (Å²) < 4.78 is 30.3. The largest absolute Gasteiger partial charge is 0.449 e. The molecule has 144 valence electrons. The zero-order valence-electron chi connectivity index (χ0n) is 15.4. The van der Waals surface area contributed by atoms with Crippen molar-refractivity contribution in [2.24, 2.45) is 0 Å². The first-order valence-corrected chi connectivity index (χ1v) is 10.2. The second kappa shape index (κ2) is 8.68. The molecule has 0 aliphatic heterocycles. The number of anilines is 1. The minimum absolute atomic E-state index is 0.0288. The van der Waals surface area contributed by atoms with Gasteiger partial charge in [0.05, 0.1) is 17.5 Å². The van der Waals surface area contributed by atoms with Crippen molar-refractivity contribution in [1.82, 2.24) is 5.32 Å². The van der Waals surface area contributed by atoms with Gasteiger partial charge in [0.15, 0.2) is 6.10 Å². The SMILES string of the molecule is Cc1ccc(CNC(=O)[C@@H](C)OC(=O)c2ccccc2NS(C)(=O)=O)cc1. The van der Waals surface area contributed by atoms with Gasteiger partial charge in [-0.3, -0.25) is 9.52 Å². The van der Waals surface area contributed by atoms with E-state index in [1.807, 2.05) is 31.2 Å². The molecule has 2 rings (SSSR count). The highest BCUT2D eigenvalue weighted by Gasteiger charge is 2.21. The molecule has 0 unspecified atom stereocenters. The van der Waals surface area contributed by atoms with Crippen LogP contribution in [0, 0.1) is 6.92 Å². The number of carbonyl (C=O) groups is 2. The lowest BCUT2D eigenvalue weighted by atomic mass is 10.1. The summed E-state index contributed by atoms with van der Waals surface area (Å²) in [4.78, 5) is 24.5. The summed E-state index contributed by atoms with van der Waals surface area (Å²) in [6.45, 7) is 3.74. The Hall–Kier alpha value is -2.87. The first-order valence-electron chi connectivity index (χ1n) is 8.27. The van der Waals surface area contributed by atoms with E-state index in [-0.39, 0.29) is 11.3 Å². The Morgan fingerprint density at radius 3 is 2.33 bits per heavy atom. The van der Waals surface area contributed by atoms with Gasteiger partial charge in [0.2, 0.25) is 10.0 Å². The van der Waals surface area contributed by atoms with Crippen LogP contribution in [0.5, 0.6) is 0 Å². The van der Waals surface area contributed by atoms with Gasteiger partial charge in [0.25, 0.3) is 5.91 Å². The van der Waals surface area contributed by atoms with E-state index in [2.05, 4.69) is 10.0 Å². The smallest absolute Gasteiger partial charge is 0.341 e. The highest BCUT2D eigenvalue weighted by Crippen LogP contribution is 2.18. The van der Waals surface area contributed by atoms with Crippen LogP contribution >= 0.6 is 0 Å². The van der Waals surface area contributed by atoms with Crippen LogP contribution in [0.4, 0.5) is 5.69 Å². The molecule has 2 aromatic rings. The molecule has 0 saturated carbocycles. The number of nitrogens with one attached hydrogen (secondary N) is 2.